The van der Waals surface area contributed by atoms with Crippen molar-refractivity contribution in [2.45, 2.75) is 49.4 Å². The third-order valence-electron chi connectivity index (χ3n) is 8.49. The van der Waals surface area contributed by atoms with Crippen molar-refractivity contribution < 1.29 is 49.0 Å². The zero-order valence-electron chi connectivity index (χ0n) is 25.3. The minimum atomic E-state index is -1.76. The van der Waals surface area contributed by atoms with Crippen molar-refractivity contribution in [3.63, 3.8) is 0 Å². The van der Waals surface area contributed by atoms with Gasteiger partial charge in [-0.2, -0.15) is 0 Å². The molecule has 1 heterocycles. The number of amides is 1. The van der Waals surface area contributed by atoms with Gasteiger partial charge in [-0.15, -0.1) is 0 Å². The van der Waals surface area contributed by atoms with E-state index in [-0.39, 0.29) is 25.0 Å². The summed E-state index contributed by atoms with van der Waals surface area (Å²) in [4.78, 5) is 15.0. The first-order valence-electron chi connectivity index (χ1n) is 15.3. The van der Waals surface area contributed by atoms with Gasteiger partial charge in [-0.05, 0) is 83.6 Å². The summed E-state index contributed by atoms with van der Waals surface area (Å²) >= 11 is 0. The molecule has 1 amide bonds. The number of β-lactam (4-membered cyclic amide) rings is 1. The zero-order valence-corrected chi connectivity index (χ0v) is 25.3. The molecule has 0 bridgehead atoms. The van der Waals surface area contributed by atoms with Crippen LogP contribution in [0.2, 0.25) is 0 Å². The summed E-state index contributed by atoms with van der Waals surface area (Å²) in [6.45, 7) is -1.17. The normalized spacial score (nSPS) is 19.4. The fourth-order valence-electron chi connectivity index (χ4n) is 5.77. The molecule has 4 aromatic carbocycles. The lowest BCUT2D eigenvalue weighted by atomic mass is 9.78. The Balaban J connectivity index is 1.30. The zero-order chi connectivity index (χ0) is 33.7. The minimum absolute atomic E-state index is 0.146. The van der Waals surface area contributed by atoms with E-state index in [2.05, 4.69) is 0 Å². The lowest BCUT2D eigenvalue weighted by Crippen LogP contribution is -2.55. The van der Waals surface area contributed by atoms with Gasteiger partial charge >= 0.3 is 0 Å². The molecular formula is C36H37F2NO8. The Kier molecular flexibility index (Phi) is 11.0. The van der Waals surface area contributed by atoms with E-state index in [1.165, 1.54) is 36.4 Å². The Morgan fingerprint density at radius 1 is 0.745 bits per heavy atom. The molecule has 1 aliphatic heterocycles. The summed E-state index contributed by atoms with van der Waals surface area (Å²) in [6, 6.07) is 25.5. The molecular weight excluding hydrogens is 612 g/mol. The van der Waals surface area contributed by atoms with E-state index in [4.69, 9.17) is 9.84 Å². The molecule has 4 aromatic rings. The number of benzene rings is 4. The van der Waals surface area contributed by atoms with Crippen molar-refractivity contribution in [3.8, 4) is 16.9 Å². The SMILES string of the molecule is O=C1[C@H](CC[C@H](O)c2ccc(F)cc2)[C@@H](c2ccc(-c3cccc(OC[C@@H](O)[C@@H](O)[C@H](O)[C@@H](O)CO)c3)cc2)N1c1ccc(F)cc1. The second-order valence-electron chi connectivity index (χ2n) is 11.6. The lowest BCUT2D eigenvalue weighted by molar-refractivity contribution is -0.131. The maximum atomic E-state index is 13.7. The molecule has 0 aromatic heterocycles. The van der Waals surface area contributed by atoms with E-state index < -0.39 is 54.7 Å². The Bertz CT molecular complexity index is 1620. The summed E-state index contributed by atoms with van der Waals surface area (Å²) in [7, 11) is 0. The van der Waals surface area contributed by atoms with Crippen LogP contribution in [0.25, 0.3) is 11.1 Å². The highest BCUT2D eigenvalue weighted by Crippen LogP contribution is 2.46. The Morgan fingerprint density at radius 2 is 1.36 bits per heavy atom. The molecule has 7 atom stereocenters. The largest absolute Gasteiger partial charge is 0.491 e. The van der Waals surface area contributed by atoms with E-state index in [1.807, 2.05) is 30.3 Å². The van der Waals surface area contributed by atoms with Crippen molar-refractivity contribution >= 4 is 11.6 Å². The highest BCUT2D eigenvalue weighted by molar-refractivity contribution is 6.03. The van der Waals surface area contributed by atoms with E-state index in [9.17, 15) is 39.1 Å². The second-order valence-corrected chi connectivity index (χ2v) is 11.6. The quantitative estimate of drug-likeness (QED) is 0.113. The van der Waals surface area contributed by atoms with E-state index in [1.54, 1.807) is 35.2 Å². The topological polar surface area (TPSA) is 151 Å². The van der Waals surface area contributed by atoms with Gasteiger partial charge in [-0.1, -0.05) is 48.5 Å². The van der Waals surface area contributed by atoms with Crippen molar-refractivity contribution in [2.24, 2.45) is 5.92 Å². The number of nitrogens with zero attached hydrogens (tertiary/aromatic N) is 1. The number of ether oxygens (including phenoxy) is 1. The van der Waals surface area contributed by atoms with Crippen LogP contribution in [0, 0.1) is 17.6 Å². The summed E-state index contributed by atoms with van der Waals surface area (Å²) in [5, 5.41) is 59.2. The average Bonchev–Trinajstić information content (AvgIpc) is 3.09. The predicted molar refractivity (Wildman–Crippen MR) is 169 cm³/mol. The first-order chi connectivity index (χ1) is 22.6. The summed E-state index contributed by atoms with van der Waals surface area (Å²) in [5.74, 6) is -1.04. The first kappa shape index (κ1) is 34.1. The second kappa shape index (κ2) is 15.1. The Labute approximate surface area is 270 Å². The van der Waals surface area contributed by atoms with Crippen LogP contribution >= 0.6 is 0 Å². The molecule has 1 saturated heterocycles. The number of carbonyl (C=O) groups is 1. The molecule has 0 radical (unpaired) electrons. The van der Waals surface area contributed by atoms with Crippen LogP contribution < -0.4 is 9.64 Å². The third kappa shape index (κ3) is 7.84. The van der Waals surface area contributed by atoms with Gasteiger partial charge in [0.05, 0.1) is 24.7 Å². The standard InChI is InChI=1S/C36H37F2NO8/c37-25-10-8-22(9-11-25)30(41)17-16-29-33(39(36(29)46)27-14-12-26(38)13-15-27)23-6-4-21(5-7-23)24-2-1-3-28(18-24)47-20-32(43)35(45)34(44)31(42)19-40/h1-15,18,29-35,40-45H,16-17,19-20H2/t29-,30+,31+,32-,33-,34-,35-/m1/s1. The summed E-state index contributed by atoms with van der Waals surface area (Å²) < 4.78 is 32.6. The van der Waals surface area contributed by atoms with Crippen LogP contribution in [-0.4, -0.2) is 74.2 Å². The number of carbonyl (C=O) groups excluding carboxylic acids is 1. The van der Waals surface area contributed by atoms with Crippen molar-refractivity contribution in [3.05, 3.63) is 120 Å². The van der Waals surface area contributed by atoms with Crippen molar-refractivity contribution in [1.29, 1.82) is 0 Å². The van der Waals surface area contributed by atoms with Crippen LogP contribution in [0.15, 0.2) is 97.1 Å². The maximum Gasteiger partial charge on any atom is 0.233 e. The number of anilines is 1. The van der Waals surface area contributed by atoms with E-state index >= 15 is 0 Å². The monoisotopic (exact) mass is 649 g/mol. The van der Waals surface area contributed by atoms with Crippen LogP contribution in [-0.2, 0) is 4.79 Å². The fraction of sp³-hybridized carbons (Fsp3) is 0.306. The number of hydrogen-bond donors (Lipinski definition) is 6. The Hall–Kier alpha value is -4.23. The highest BCUT2D eigenvalue weighted by Gasteiger charge is 2.48. The van der Waals surface area contributed by atoms with E-state index in [0.717, 1.165) is 16.7 Å². The van der Waals surface area contributed by atoms with Crippen LogP contribution in [0.1, 0.15) is 36.1 Å². The van der Waals surface area contributed by atoms with Gasteiger partial charge in [-0.25, -0.2) is 8.78 Å². The van der Waals surface area contributed by atoms with Gasteiger partial charge in [0.25, 0.3) is 0 Å². The molecule has 47 heavy (non-hydrogen) atoms. The highest BCUT2D eigenvalue weighted by atomic mass is 19.1. The maximum absolute atomic E-state index is 13.7. The van der Waals surface area contributed by atoms with Gasteiger partial charge < -0.3 is 40.3 Å². The molecule has 5 rings (SSSR count). The minimum Gasteiger partial charge on any atom is -0.491 e. The van der Waals surface area contributed by atoms with Crippen molar-refractivity contribution in [2.75, 3.05) is 18.1 Å². The number of halogens is 2. The predicted octanol–water partition coefficient (Wildman–Crippen LogP) is 3.66. The summed E-state index contributed by atoms with van der Waals surface area (Å²) in [5.41, 5.74) is 3.55. The number of aliphatic hydroxyl groups excluding tert-OH is 6. The molecule has 9 nitrogen and oxygen atoms in total. The third-order valence-corrected chi connectivity index (χ3v) is 8.49. The van der Waals surface area contributed by atoms with Crippen LogP contribution in [0.4, 0.5) is 14.5 Å². The molecule has 11 heteroatoms. The van der Waals surface area contributed by atoms with E-state index in [0.29, 0.717) is 23.4 Å². The van der Waals surface area contributed by atoms with Crippen molar-refractivity contribution in [1.82, 2.24) is 0 Å². The molecule has 0 spiro atoms. The van der Waals surface area contributed by atoms with Gasteiger partial charge in [0, 0.05) is 5.69 Å². The molecule has 0 saturated carbocycles. The van der Waals surface area contributed by atoms with Crippen LogP contribution in [0.5, 0.6) is 5.75 Å². The molecule has 1 aliphatic rings. The molecule has 6 N–H and O–H groups in total. The molecule has 1 fully saturated rings. The van der Waals surface area contributed by atoms with Gasteiger partial charge in [0.1, 0.15) is 48.4 Å². The molecule has 0 unspecified atom stereocenters. The smallest absolute Gasteiger partial charge is 0.233 e. The molecule has 0 aliphatic carbocycles. The number of hydrogen-bond acceptors (Lipinski definition) is 8. The average molecular weight is 650 g/mol. The lowest BCUT2D eigenvalue weighted by Gasteiger charge is -2.48. The van der Waals surface area contributed by atoms with Gasteiger partial charge in [-0.3, -0.25) is 4.79 Å². The fourth-order valence-corrected chi connectivity index (χ4v) is 5.77. The first-order valence-corrected chi connectivity index (χ1v) is 15.3. The van der Waals surface area contributed by atoms with Gasteiger partial charge in [0.2, 0.25) is 5.91 Å². The van der Waals surface area contributed by atoms with Gasteiger partial charge in [0.15, 0.2) is 0 Å². The summed E-state index contributed by atoms with van der Waals surface area (Å²) in [6.07, 6.45) is -6.86. The molecule has 248 valence electrons. The number of aliphatic hydroxyl groups is 6. The van der Waals surface area contributed by atoms with Crippen LogP contribution in [0.3, 0.4) is 0 Å². The number of rotatable bonds is 14. The Morgan fingerprint density at radius 3 is 2.00 bits per heavy atom.